The highest BCUT2D eigenvalue weighted by Crippen LogP contribution is 2.14. The molecule has 0 heterocycles. The minimum atomic E-state index is -1.13. The van der Waals surface area contributed by atoms with Crippen LogP contribution in [0.3, 0.4) is 0 Å². The van der Waals surface area contributed by atoms with Gasteiger partial charge in [-0.1, -0.05) is 20.8 Å². The summed E-state index contributed by atoms with van der Waals surface area (Å²) in [6.45, 7) is 7.69. The van der Waals surface area contributed by atoms with Crippen LogP contribution in [0.1, 0.15) is 27.7 Å². The van der Waals surface area contributed by atoms with Crippen molar-refractivity contribution in [1.29, 1.82) is 0 Å². The molecule has 0 spiro atoms. The van der Waals surface area contributed by atoms with Crippen LogP contribution >= 0.6 is 0 Å². The molecule has 0 bridgehead atoms. The maximum absolute atomic E-state index is 10.0. The number of hydrogen-bond donors (Lipinski definition) is 2. The second-order valence-corrected chi connectivity index (χ2v) is 3.36. The first kappa shape index (κ1) is 9.94. The Morgan fingerprint density at radius 1 is 1.45 bits per heavy atom. The monoisotopic (exact) mass is 158 g/mol. The van der Waals surface area contributed by atoms with E-state index in [-0.39, 0.29) is 5.41 Å². The van der Waals surface area contributed by atoms with E-state index in [0.717, 1.165) is 5.71 Å². The van der Waals surface area contributed by atoms with Crippen LogP contribution in [0.4, 0.5) is 4.79 Å². The molecule has 4 heteroatoms. The number of hydrogen-bond acceptors (Lipinski definition) is 2. The quantitative estimate of drug-likeness (QED) is 0.450. The molecule has 0 aromatic heterocycles. The van der Waals surface area contributed by atoms with Crippen molar-refractivity contribution in [2.24, 2.45) is 10.5 Å². The Kier molecular flexibility index (Phi) is 3.04. The third kappa shape index (κ3) is 4.36. The van der Waals surface area contributed by atoms with E-state index in [9.17, 15) is 4.79 Å². The fraction of sp³-hybridized carbons (Fsp3) is 0.714. The van der Waals surface area contributed by atoms with Gasteiger partial charge in [0, 0.05) is 11.1 Å². The van der Waals surface area contributed by atoms with Gasteiger partial charge in [0.05, 0.1) is 0 Å². The molecule has 0 aliphatic rings. The van der Waals surface area contributed by atoms with Gasteiger partial charge in [0.2, 0.25) is 0 Å². The lowest BCUT2D eigenvalue weighted by Crippen LogP contribution is -2.23. The minimum Gasteiger partial charge on any atom is -0.464 e. The summed E-state index contributed by atoms with van der Waals surface area (Å²) in [4.78, 5) is 10.0. The van der Waals surface area contributed by atoms with Crippen molar-refractivity contribution in [2.45, 2.75) is 27.7 Å². The summed E-state index contributed by atoms with van der Waals surface area (Å²) < 4.78 is 0. The Labute approximate surface area is 66.3 Å². The molecule has 0 unspecified atom stereocenters. The molecular weight excluding hydrogens is 144 g/mol. The van der Waals surface area contributed by atoms with Gasteiger partial charge in [0.15, 0.2) is 0 Å². The van der Waals surface area contributed by atoms with E-state index >= 15 is 0 Å². The van der Waals surface area contributed by atoms with Crippen LogP contribution in [0.15, 0.2) is 5.10 Å². The van der Waals surface area contributed by atoms with E-state index in [4.69, 9.17) is 5.11 Å². The van der Waals surface area contributed by atoms with Gasteiger partial charge in [0.25, 0.3) is 0 Å². The van der Waals surface area contributed by atoms with Gasteiger partial charge in [-0.15, -0.1) is 0 Å². The van der Waals surface area contributed by atoms with Gasteiger partial charge in [-0.2, -0.15) is 5.10 Å². The van der Waals surface area contributed by atoms with Gasteiger partial charge in [-0.3, -0.25) is 0 Å². The maximum atomic E-state index is 10.0. The van der Waals surface area contributed by atoms with Crippen molar-refractivity contribution in [1.82, 2.24) is 5.43 Å². The first-order valence-electron chi connectivity index (χ1n) is 3.37. The lowest BCUT2D eigenvalue weighted by molar-refractivity contribution is 0.195. The molecule has 11 heavy (non-hydrogen) atoms. The molecule has 1 amide bonds. The Bertz CT molecular complexity index is 179. The lowest BCUT2D eigenvalue weighted by atomic mass is 9.91. The summed E-state index contributed by atoms with van der Waals surface area (Å²) in [6.07, 6.45) is -1.13. The molecular formula is C7H14N2O2. The molecule has 0 rings (SSSR count). The van der Waals surface area contributed by atoms with E-state index in [1.54, 1.807) is 6.92 Å². The van der Waals surface area contributed by atoms with Crippen LogP contribution in [0, 0.1) is 5.41 Å². The highest BCUT2D eigenvalue weighted by atomic mass is 16.4. The second kappa shape index (κ2) is 3.37. The zero-order chi connectivity index (χ0) is 9.07. The van der Waals surface area contributed by atoms with Gasteiger partial charge in [-0.05, 0) is 6.92 Å². The Balaban J connectivity index is 4.12. The Morgan fingerprint density at radius 2 is 1.91 bits per heavy atom. The smallest absolute Gasteiger partial charge is 0.425 e. The van der Waals surface area contributed by atoms with E-state index in [1.807, 2.05) is 26.2 Å². The number of carboxylic acid groups (broad SMARTS) is 1. The number of hydrazone groups is 1. The molecule has 0 radical (unpaired) electrons. The fourth-order valence-electron chi connectivity index (χ4n) is 0.299. The molecule has 64 valence electrons. The summed E-state index contributed by atoms with van der Waals surface area (Å²) in [5, 5.41) is 11.9. The van der Waals surface area contributed by atoms with Crippen molar-refractivity contribution in [3.8, 4) is 0 Å². The zero-order valence-corrected chi connectivity index (χ0v) is 7.30. The third-order valence-corrected chi connectivity index (χ3v) is 1.40. The van der Waals surface area contributed by atoms with Crippen molar-refractivity contribution >= 4 is 11.8 Å². The normalized spacial score (nSPS) is 12.9. The van der Waals surface area contributed by atoms with Crippen molar-refractivity contribution in [3.05, 3.63) is 0 Å². The predicted molar refractivity (Wildman–Crippen MR) is 43.7 cm³/mol. The van der Waals surface area contributed by atoms with Crippen LogP contribution in [0.2, 0.25) is 0 Å². The van der Waals surface area contributed by atoms with Crippen LogP contribution < -0.4 is 5.43 Å². The summed E-state index contributed by atoms with van der Waals surface area (Å²) in [7, 11) is 0. The number of carbonyl (C=O) groups is 1. The van der Waals surface area contributed by atoms with Crippen LogP contribution in [-0.2, 0) is 0 Å². The molecule has 0 saturated heterocycles. The first-order chi connectivity index (χ1) is 4.84. The highest BCUT2D eigenvalue weighted by molar-refractivity contribution is 5.87. The van der Waals surface area contributed by atoms with Crippen LogP contribution in [0.25, 0.3) is 0 Å². The van der Waals surface area contributed by atoms with Crippen LogP contribution in [-0.4, -0.2) is 16.9 Å². The van der Waals surface area contributed by atoms with Gasteiger partial charge in [-0.25, -0.2) is 10.2 Å². The van der Waals surface area contributed by atoms with Crippen molar-refractivity contribution < 1.29 is 9.90 Å². The van der Waals surface area contributed by atoms with Gasteiger partial charge >= 0.3 is 6.09 Å². The minimum absolute atomic E-state index is 0.0809. The molecule has 4 nitrogen and oxygen atoms in total. The molecule has 0 aromatic carbocycles. The first-order valence-corrected chi connectivity index (χ1v) is 3.37. The van der Waals surface area contributed by atoms with E-state index in [0.29, 0.717) is 0 Å². The average Bonchev–Trinajstić information content (AvgIpc) is 1.80. The summed E-state index contributed by atoms with van der Waals surface area (Å²) >= 11 is 0. The van der Waals surface area contributed by atoms with Crippen molar-refractivity contribution in [2.75, 3.05) is 0 Å². The number of amides is 1. The number of nitrogens with one attached hydrogen (secondary N) is 1. The molecule has 0 aliphatic heterocycles. The van der Waals surface area contributed by atoms with Gasteiger partial charge in [0.1, 0.15) is 0 Å². The molecule has 2 N–H and O–H groups in total. The predicted octanol–water partition coefficient (Wildman–Crippen LogP) is 1.68. The molecule has 0 atom stereocenters. The lowest BCUT2D eigenvalue weighted by Gasteiger charge is -2.16. The summed E-state index contributed by atoms with van der Waals surface area (Å²) in [5.41, 5.74) is 2.64. The van der Waals surface area contributed by atoms with Gasteiger partial charge < -0.3 is 5.11 Å². The average molecular weight is 158 g/mol. The Hall–Kier alpha value is -1.06. The summed E-state index contributed by atoms with van der Waals surface area (Å²) in [5.74, 6) is 0. The Morgan fingerprint density at radius 3 is 2.18 bits per heavy atom. The zero-order valence-electron chi connectivity index (χ0n) is 7.30. The third-order valence-electron chi connectivity index (χ3n) is 1.40. The maximum Gasteiger partial charge on any atom is 0.425 e. The standard InChI is InChI=1S/C7H14N2O2/c1-5(7(2,3)4)8-9-6(10)11/h9H,1-4H3,(H,10,11)/b8-5+. The number of nitrogens with zero attached hydrogens (tertiary/aromatic N) is 1. The molecule has 0 aromatic rings. The molecule has 0 aliphatic carbocycles. The second-order valence-electron chi connectivity index (χ2n) is 3.36. The summed E-state index contributed by atoms with van der Waals surface area (Å²) in [6, 6.07) is 0. The largest absolute Gasteiger partial charge is 0.464 e. The van der Waals surface area contributed by atoms with E-state index < -0.39 is 6.09 Å². The molecule has 0 saturated carbocycles. The highest BCUT2D eigenvalue weighted by Gasteiger charge is 2.14. The fourth-order valence-corrected chi connectivity index (χ4v) is 0.299. The SMILES string of the molecule is C/C(=N\NC(=O)O)C(C)(C)C. The van der Waals surface area contributed by atoms with Crippen LogP contribution in [0.5, 0.6) is 0 Å². The number of rotatable bonds is 1. The molecule has 0 fully saturated rings. The van der Waals surface area contributed by atoms with Crippen molar-refractivity contribution in [3.63, 3.8) is 0 Å². The van der Waals surface area contributed by atoms with E-state index in [1.165, 1.54) is 0 Å². The topological polar surface area (TPSA) is 61.7 Å². The van der Waals surface area contributed by atoms with E-state index in [2.05, 4.69) is 5.10 Å².